The molecule has 3 aromatic carbocycles. The third-order valence-electron chi connectivity index (χ3n) is 13.7. The van der Waals surface area contributed by atoms with Gasteiger partial charge in [0.05, 0.1) is 46.1 Å². The number of rotatable bonds is 14. The van der Waals surface area contributed by atoms with E-state index in [1.54, 1.807) is 28.9 Å². The second-order valence-corrected chi connectivity index (χ2v) is 19.5. The van der Waals surface area contributed by atoms with Gasteiger partial charge in [-0.3, -0.25) is 44.4 Å². The predicted molar refractivity (Wildman–Crippen MR) is 267 cm³/mol. The second-order valence-electron chi connectivity index (χ2n) is 18.5. The van der Waals surface area contributed by atoms with Crippen LogP contribution in [0.5, 0.6) is 5.75 Å². The number of fused-ring (bicyclic) bond motifs is 3. The molecule has 376 valence electrons. The number of carboxylic acid groups (broad SMARTS) is 1. The molecule has 0 spiro atoms. The van der Waals surface area contributed by atoms with Gasteiger partial charge >= 0.3 is 12.1 Å². The summed E-state index contributed by atoms with van der Waals surface area (Å²) < 4.78 is 52.6. The summed E-state index contributed by atoms with van der Waals surface area (Å²) in [5, 5.41) is 24.3. The average Bonchev–Trinajstić information content (AvgIpc) is 3.94. The molecule has 10 rings (SSSR count). The van der Waals surface area contributed by atoms with Crippen LogP contribution in [0.2, 0.25) is 0 Å². The highest BCUT2D eigenvalue weighted by Gasteiger charge is 2.36. The number of hydrogen-bond acceptors (Lipinski definition) is 13. The van der Waals surface area contributed by atoms with E-state index in [0.29, 0.717) is 66.9 Å². The van der Waals surface area contributed by atoms with Crippen LogP contribution in [0.3, 0.4) is 0 Å². The Morgan fingerprint density at radius 1 is 0.904 bits per heavy atom. The number of aryl methyl sites for hydroxylation is 1. The van der Waals surface area contributed by atoms with Crippen molar-refractivity contribution in [2.45, 2.75) is 63.6 Å². The van der Waals surface area contributed by atoms with Gasteiger partial charge < -0.3 is 20.1 Å². The zero-order valence-corrected chi connectivity index (χ0v) is 40.3. The van der Waals surface area contributed by atoms with Gasteiger partial charge in [-0.2, -0.15) is 18.3 Å². The first-order valence-electron chi connectivity index (χ1n) is 23.9. The fourth-order valence-corrected chi connectivity index (χ4v) is 10.9. The number of thiazole rings is 1. The Balaban J connectivity index is 0.724. The molecule has 1 unspecified atom stereocenters. The number of benzene rings is 3. The number of alkyl halides is 3. The number of ether oxygens (including phenoxy) is 1. The molecule has 21 heteroatoms. The molecular weight excluding hydrogens is 966 g/mol. The number of pyridine rings is 2. The number of imide groups is 1. The molecule has 1 atom stereocenters. The molecule has 2 fully saturated rings. The maximum atomic E-state index is 14.7. The zero-order chi connectivity index (χ0) is 51.0. The fraction of sp³-hybridized carbons (Fsp3) is 0.327. The summed E-state index contributed by atoms with van der Waals surface area (Å²) in [6.07, 6.45) is 0.883. The van der Waals surface area contributed by atoms with Crippen LogP contribution in [0.25, 0.3) is 32.2 Å². The molecule has 3 aliphatic rings. The number of aromatic carboxylic acids is 1. The van der Waals surface area contributed by atoms with E-state index in [0.717, 1.165) is 52.0 Å². The number of likely N-dealkylation sites (tertiary alicyclic amines) is 1. The molecule has 4 amide bonds. The minimum absolute atomic E-state index is 0.000718. The van der Waals surface area contributed by atoms with Crippen molar-refractivity contribution >= 4 is 78.7 Å². The summed E-state index contributed by atoms with van der Waals surface area (Å²) in [6, 6.07) is 21.1. The van der Waals surface area contributed by atoms with Gasteiger partial charge in [0.1, 0.15) is 17.3 Å². The largest absolute Gasteiger partial charge is 0.494 e. The number of amides is 4. The van der Waals surface area contributed by atoms with E-state index < -0.39 is 35.2 Å². The molecule has 3 aliphatic heterocycles. The molecular formula is C52H49F3N10O7S. The maximum Gasteiger partial charge on any atom is 0.417 e. The normalized spacial score (nSPS) is 16.6. The quantitative estimate of drug-likeness (QED) is 0.0598. The third kappa shape index (κ3) is 10.6. The number of hydrogen-bond donors (Lipinski definition) is 4. The van der Waals surface area contributed by atoms with Crippen molar-refractivity contribution in [3.8, 4) is 16.9 Å². The summed E-state index contributed by atoms with van der Waals surface area (Å²) in [5.41, 5.74) is 2.20. The van der Waals surface area contributed by atoms with E-state index in [1.165, 1.54) is 35.6 Å². The lowest BCUT2D eigenvalue weighted by Gasteiger charge is -2.31. The fourth-order valence-electron chi connectivity index (χ4n) is 10.0. The van der Waals surface area contributed by atoms with Gasteiger partial charge in [0.15, 0.2) is 10.8 Å². The summed E-state index contributed by atoms with van der Waals surface area (Å²) in [6.45, 7) is 2.34. The van der Waals surface area contributed by atoms with E-state index in [-0.39, 0.29) is 72.2 Å². The minimum Gasteiger partial charge on any atom is -0.494 e. The minimum atomic E-state index is -4.85. The van der Waals surface area contributed by atoms with Crippen LogP contribution in [0.15, 0.2) is 85.1 Å². The van der Waals surface area contributed by atoms with E-state index in [2.05, 4.69) is 40.9 Å². The van der Waals surface area contributed by atoms with Crippen molar-refractivity contribution in [3.05, 3.63) is 119 Å². The lowest BCUT2D eigenvalue weighted by Crippen LogP contribution is -2.39. The van der Waals surface area contributed by atoms with Gasteiger partial charge in [-0.15, -0.1) is 0 Å². The Kier molecular flexibility index (Phi) is 13.6. The highest BCUT2D eigenvalue weighted by Crippen LogP contribution is 2.41. The average molecular weight is 1020 g/mol. The molecule has 0 aliphatic carbocycles. The van der Waals surface area contributed by atoms with E-state index in [1.807, 2.05) is 42.5 Å². The number of para-hydroxylation sites is 1. The van der Waals surface area contributed by atoms with Crippen LogP contribution in [0.4, 0.5) is 29.8 Å². The first-order valence-corrected chi connectivity index (χ1v) is 24.8. The Labute approximate surface area is 419 Å². The van der Waals surface area contributed by atoms with E-state index in [9.17, 15) is 42.3 Å². The molecule has 0 bridgehead atoms. The van der Waals surface area contributed by atoms with Crippen molar-refractivity contribution in [1.29, 1.82) is 0 Å². The lowest BCUT2D eigenvalue weighted by molar-refractivity contribution is -0.137. The van der Waals surface area contributed by atoms with Gasteiger partial charge in [-0.25, -0.2) is 14.8 Å². The number of anilines is 3. The molecule has 2 saturated heterocycles. The molecule has 4 N–H and O–H groups in total. The SMILES string of the molecule is Cn1nc(C2CCC(=O)NC2=O)c2ccc(NC(=O)CN3CCC(CCCOc4ccc(-c5ccc(N6CCc7ccnc(C(=O)Nc8nc9ccccc9s8)c7C6)nc5C(=O)O)c(C(F)(F)F)c4)CC3)cc21. The van der Waals surface area contributed by atoms with Crippen molar-refractivity contribution < 1.29 is 47.0 Å². The Morgan fingerprint density at radius 3 is 2.49 bits per heavy atom. The summed E-state index contributed by atoms with van der Waals surface area (Å²) in [7, 11) is 1.77. The van der Waals surface area contributed by atoms with E-state index in [4.69, 9.17) is 4.74 Å². The topological polar surface area (TPSA) is 214 Å². The van der Waals surface area contributed by atoms with E-state index >= 15 is 0 Å². The first kappa shape index (κ1) is 48.8. The summed E-state index contributed by atoms with van der Waals surface area (Å²) in [4.78, 5) is 80.6. The monoisotopic (exact) mass is 1010 g/mol. The number of piperidine rings is 2. The van der Waals surface area contributed by atoms with Crippen molar-refractivity contribution in [3.63, 3.8) is 0 Å². The molecule has 4 aromatic heterocycles. The van der Waals surface area contributed by atoms with Gasteiger partial charge in [0.25, 0.3) is 5.91 Å². The van der Waals surface area contributed by atoms with Gasteiger partial charge in [-0.1, -0.05) is 29.5 Å². The second kappa shape index (κ2) is 20.4. The number of carbonyl (C=O) groups excluding carboxylic acids is 4. The Morgan fingerprint density at radius 2 is 1.71 bits per heavy atom. The smallest absolute Gasteiger partial charge is 0.417 e. The number of carboxylic acids is 1. The molecule has 7 aromatic rings. The number of halogens is 3. The van der Waals surface area contributed by atoms with Gasteiger partial charge in [-0.05, 0) is 129 Å². The standard InChI is InChI=1S/C52H49F3N10O7S/c1-63-40-25-31(8-10-35(40)45(62-63)36-13-15-43(66)60-48(36)68)57-44(67)28-64-21-17-29(18-22-64)5-4-24-72-32-9-11-33(38(26-32)52(53,54)55)34-12-14-42(59-47(34)50(70)71)65-23-19-30-16-20-56-46(37(30)27-65)49(69)61-51-58-39-6-2-3-7-41(39)73-51/h2-3,6-12,14,16,20,25-26,29,36H,4-5,13,15,17-19,21-24,27-28H2,1H3,(H,57,67)(H,70,71)(H,58,61,69)(H,60,66,68). The Hall–Kier alpha value is -7.78. The van der Waals surface area contributed by atoms with Crippen LogP contribution < -0.4 is 25.6 Å². The lowest BCUT2D eigenvalue weighted by atomic mass is 9.92. The number of aromatic nitrogens is 5. The first-order chi connectivity index (χ1) is 35.1. The maximum absolute atomic E-state index is 14.7. The van der Waals surface area contributed by atoms with Gasteiger partial charge in [0.2, 0.25) is 17.7 Å². The van der Waals surface area contributed by atoms with Crippen LogP contribution in [0.1, 0.15) is 87.8 Å². The number of carbonyl (C=O) groups is 5. The molecule has 73 heavy (non-hydrogen) atoms. The number of nitrogens with one attached hydrogen (secondary N) is 3. The summed E-state index contributed by atoms with van der Waals surface area (Å²) >= 11 is 1.33. The highest BCUT2D eigenvalue weighted by molar-refractivity contribution is 7.22. The van der Waals surface area contributed by atoms with Crippen molar-refractivity contribution in [1.82, 2.24) is 34.9 Å². The van der Waals surface area contributed by atoms with Crippen LogP contribution in [0, 0.1) is 5.92 Å². The molecule has 0 saturated carbocycles. The predicted octanol–water partition coefficient (Wildman–Crippen LogP) is 8.20. The van der Waals surface area contributed by atoms with Crippen LogP contribution in [-0.2, 0) is 40.6 Å². The molecule has 17 nitrogen and oxygen atoms in total. The summed E-state index contributed by atoms with van der Waals surface area (Å²) in [5.74, 6) is -2.75. The third-order valence-corrected chi connectivity index (χ3v) is 14.7. The van der Waals surface area contributed by atoms with Gasteiger partial charge in [0, 0.05) is 55.0 Å². The van der Waals surface area contributed by atoms with Crippen LogP contribution in [-0.4, -0.2) is 97.1 Å². The molecule has 0 radical (unpaired) electrons. The number of nitrogens with zero attached hydrogens (tertiary/aromatic N) is 7. The van der Waals surface area contributed by atoms with Crippen molar-refractivity contribution in [2.24, 2.45) is 13.0 Å². The van der Waals surface area contributed by atoms with Crippen LogP contribution >= 0.6 is 11.3 Å². The Bertz CT molecular complexity index is 3280. The zero-order valence-electron chi connectivity index (χ0n) is 39.5. The van der Waals surface area contributed by atoms with Crippen molar-refractivity contribution in [2.75, 3.05) is 48.3 Å². The highest BCUT2D eigenvalue weighted by atomic mass is 32.1. The molecule has 7 heterocycles.